The molecule has 0 bridgehead atoms. The van der Waals surface area contributed by atoms with Gasteiger partial charge in [0.15, 0.2) is 0 Å². The molecule has 1 aromatic rings. The molecule has 0 aromatic carbocycles. The molecule has 1 heterocycles. The minimum absolute atomic E-state index is 0.424. The molecular weight excluding hydrogens is 238 g/mol. The van der Waals surface area contributed by atoms with E-state index in [1.54, 1.807) is 0 Å². The van der Waals surface area contributed by atoms with Crippen LogP contribution in [0.5, 0.6) is 0 Å². The molecule has 0 fully saturated rings. The molecule has 0 atom stereocenters. The second-order valence-corrected chi connectivity index (χ2v) is 5.83. The molecule has 0 aliphatic carbocycles. The van der Waals surface area contributed by atoms with Crippen molar-refractivity contribution in [2.45, 2.75) is 39.0 Å². The summed E-state index contributed by atoms with van der Waals surface area (Å²) >= 11 is 3.39. The molecule has 0 saturated carbocycles. The van der Waals surface area contributed by atoms with E-state index in [1.165, 1.54) is 36.5 Å². The van der Waals surface area contributed by atoms with Crippen LogP contribution in [0.15, 0.2) is 0 Å². The molecule has 0 radical (unpaired) electrons. The minimum atomic E-state index is 0.424. The van der Waals surface area contributed by atoms with Crippen molar-refractivity contribution in [1.29, 1.82) is 0 Å². The van der Waals surface area contributed by atoms with Crippen LogP contribution in [0.25, 0.3) is 0 Å². The second kappa shape index (κ2) is 7.90. The zero-order valence-electron chi connectivity index (χ0n) is 10.3. The Kier molecular flexibility index (Phi) is 6.80. The van der Waals surface area contributed by atoms with Gasteiger partial charge in [-0.05, 0) is 24.9 Å². The lowest BCUT2D eigenvalue weighted by Gasteiger charge is -2.01. The molecule has 0 aliphatic heterocycles. The van der Waals surface area contributed by atoms with E-state index in [1.807, 2.05) is 11.8 Å². The molecule has 0 aliphatic rings. The lowest BCUT2D eigenvalue weighted by Crippen LogP contribution is -2.01. The van der Waals surface area contributed by atoms with Gasteiger partial charge in [0.05, 0.1) is 0 Å². The van der Waals surface area contributed by atoms with E-state index in [2.05, 4.69) is 34.8 Å². The van der Waals surface area contributed by atoms with Gasteiger partial charge in [-0.1, -0.05) is 20.3 Å². The molecule has 0 spiro atoms. The van der Waals surface area contributed by atoms with Crippen molar-refractivity contribution in [3.8, 4) is 0 Å². The number of rotatable bonds is 8. The summed E-state index contributed by atoms with van der Waals surface area (Å²) in [6, 6.07) is 0. The predicted octanol–water partition coefficient (Wildman–Crippen LogP) is 3.61. The van der Waals surface area contributed by atoms with E-state index >= 15 is 0 Å². The number of unbranched alkanes of at least 4 members (excludes halogenated alkanes) is 2. The van der Waals surface area contributed by atoms with Crippen LogP contribution in [-0.2, 0) is 0 Å². The number of hydrogen-bond acceptors (Lipinski definition) is 5. The third-order valence-electron chi connectivity index (χ3n) is 2.26. The van der Waals surface area contributed by atoms with E-state index in [0.29, 0.717) is 5.92 Å². The van der Waals surface area contributed by atoms with Crippen LogP contribution in [0.2, 0.25) is 0 Å². The van der Waals surface area contributed by atoms with Crippen LogP contribution in [-0.4, -0.2) is 27.9 Å². The first-order chi connectivity index (χ1) is 7.74. The highest BCUT2D eigenvalue weighted by Crippen LogP contribution is 2.17. The molecule has 0 saturated heterocycles. The van der Waals surface area contributed by atoms with Crippen molar-refractivity contribution < 1.29 is 0 Å². The molecule has 92 valence electrons. The Bertz CT molecular complexity index is 287. The average molecular weight is 259 g/mol. The average Bonchev–Trinajstić information content (AvgIpc) is 2.72. The standard InChI is InChI=1S/C11H21N3S2/c1-9(2)10-13-11(16-14-10)12-7-5-4-6-8-15-3/h9H,4-8H2,1-3H3,(H,12,13,14). The number of nitrogens with zero attached hydrogens (tertiary/aromatic N) is 2. The van der Waals surface area contributed by atoms with Gasteiger partial charge in [0.25, 0.3) is 0 Å². The summed E-state index contributed by atoms with van der Waals surface area (Å²) in [6.45, 7) is 5.25. The van der Waals surface area contributed by atoms with Gasteiger partial charge < -0.3 is 5.32 Å². The lowest BCUT2D eigenvalue weighted by atomic mass is 10.2. The van der Waals surface area contributed by atoms with Gasteiger partial charge in [-0.25, -0.2) is 4.98 Å². The molecule has 0 unspecified atom stereocenters. The number of anilines is 1. The van der Waals surface area contributed by atoms with Gasteiger partial charge >= 0.3 is 0 Å². The minimum Gasteiger partial charge on any atom is -0.360 e. The Labute approximate surface area is 107 Å². The van der Waals surface area contributed by atoms with Crippen LogP contribution in [0.3, 0.4) is 0 Å². The molecular formula is C11H21N3S2. The summed E-state index contributed by atoms with van der Waals surface area (Å²) < 4.78 is 4.31. The molecule has 1 N–H and O–H groups in total. The molecule has 5 heteroatoms. The Balaban J connectivity index is 2.12. The van der Waals surface area contributed by atoms with E-state index < -0.39 is 0 Å². The first-order valence-corrected chi connectivity index (χ1v) is 7.97. The van der Waals surface area contributed by atoms with Crippen LogP contribution in [0, 0.1) is 0 Å². The Hall–Kier alpha value is -0.290. The highest BCUT2D eigenvalue weighted by molar-refractivity contribution is 7.98. The third kappa shape index (κ3) is 5.16. The fourth-order valence-corrected chi connectivity index (χ4v) is 2.51. The fraction of sp³-hybridized carbons (Fsp3) is 0.818. The highest BCUT2D eigenvalue weighted by atomic mass is 32.2. The molecule has 3 nitrogen and oxygen atoms in total. The van der Waals surface area contributed by atoms with Gasteiger partial charge in [0, 0.05) is 24.0 Å². The number of aromatic nitrogens is 2. The zero-order valence-corrected chi connectivity index (χ0v) is 12.0. The Morgan fingerprint density at radius 1 is 1.31 bits per heavy atom. The van der Waals surface area contributed by atoms with Crippen molar-refractivity contribution in [2.75, 3.05) is 23.9 Å². The summed E-state index contributed by atoms with van der Waals surface area (Å²) in [5.41, 5.74) is 0. The quantitative estimate of drug-likeness (QED) is 0.724. The second-order valence-electron chi connectivity index (χ2n) is 4.09. The fourth-order valence-electron chi connectivity index (χ4n) is 1.28. The van der Waals surface area contributed by atoms with Gasteiger partial charge in [-0.2, -0.15) is 16.1 Å². The zero-order chi connectivity index (χ0) is 11.8. The summed E-state index contributed by atoms with van der Waals surface area (Å²) in [7, 11) is 0. The van der Waals surface area contributed by atoms with Gasteiger partial charge in [0.2, 0.25) is 5.13 Å². The van der Waals surface area contributed by atoms with Crippen LogP contribution in [0.4, 0.5) is 5.13 Å². The normalized spacial score (nSPS) is 11.0. The molecule has 16 heavy (non-hydrogen) atoms. The van der Waals surface area contributed by atoms with E-state index in [4.69, 9.17) is 0 Å². The first-order valence-electron chi connectivity index (χ1n) is 5.80. The smallest absolute Gasteiger partial charge is 0.202 e. The third-order valence-corrected chi connectivity index (χ3v) is 3.64. The van der Waals surface area contributed by atoms with Crippen LogP contribution >= 0.6 is 23.3 Å². The lowest BCUT2D eigenvalue weighted by molar-refractivity contribution is 0.747. The van der Waals surface area contributed by atoms with Crippen LogP contribution < -0.4 is 5.32 Å². The SMILES string of the molecule is CSCCCCCNc1nc(C(C)C)ns1. The largest absolute Gasteiger partial charge is 0.360 e. The van der Waals surface area contributed by atoms with Crippen molar-refractivity contribution in [2.24, 2.45) is 0 Å². The topological polar surface area (TPSA) is 37.8 Å². The Morgan fingerprint density at radius 3 is 2.75 bits per heavy atom. The number of nitrogens with one attached hydrogen (secondary N) is 1. The van der Waals surface area contributed by atoms with Crippen molar-refractivity contribution in [1.82, 2.24) is 9.36 Å². The summed E-state index contributed by atoms with van der Waals surface area (Å²) in [6.07, 6.45) is 5.99. The number of hydrogen-bond donors (Lipinski definition) is 1. The monoisotopic (exact) mass is 259 g/mol. The predicted molar refractivity (Wildman–Crippen MR) is 74.7 cm³/mol. The summed E-state index contributed by atoms with van der Waals surface area (Å²) in [5, 5.41) is 4.30. The first kappa shape index (κ1) is 13.8. The maximum atomic E-state index is 4.44. The Morgan fingerprint density at radius 2 is 2.12 bits per heavy atom. The van der Waals surface area contributed by atoms with Crippen molar-refractivity contribution in [3.05, 3.63) is 5.82 Å². The van der Waals surface area contributed by atoms with Crippen molar-refractivity contribution >= 4 is 28.4 Å². The van der Waals surface area contributed by atoms with Gasteiger partial charge in [-0.3, -0.25) is 0 Å². The van der Waals surface area contributed by atoms with E-state index in [0.717, 1.165) is 17.5 Å². The highest BCUT2D eigenvalue weighted by Gasteiger charge is 2.06. The van der Waals surface area contributed by atoms with Gasteiger partial charge in [-0.15, -0.1) is 0 Å². The molecule has 1 aromatic heterocycles. The summed E-state index contributed by atoms with van der Waals surface area (Å²) in [4.78, 5) is 4.44. The summed E-state index contributed by atoms with van der Waals surface area (Å²) in [5.74, 6) is 2.65. The van der Waals surface area contributed by atoms with E-state index in [9.17, 15) is 0 Å². The molecule has 1 rings (SSSR count). The van der Waals surface area contributed by atoms with Crippen molar-refractivity contribution in [3.63, 3.8) is 0 Å². The molecule has 0 amide bonds. The van der Waals surface area contributed by atoms with E-state index in [-0.39, 0.29) is 0 Å². The number of thioether (sulfide) groups is 1. The van der Waals surface area contributed by atoms with Crippen LogP contribution in [0.1, 0.15) is 44.9 Å². The maximum Gasteiger partial charge on any atom is 0.202 e. The van der Waals surface area contributed by atoms with Gasteiger partial charge in [0.1, 0.15) is 5.82 Å². The maximum absolute atomic E-state index is 4.44.